The molecule has 5 aromatic rings. The number of nitrogen functional groups attached to an aromatic ring is 1. The molecule has 0 bridgehead atoms. The standard InChI is InChI=1S/C74H112N2S5Si2/c1-16-29-34-53(22-7)48-82(49-54(23-8)35-30-17-2)61-44-57(26-11)78-69(61)71-64(82)47-66(81-71)74(41-21-6,42-33-20-5)59-39-38-58(67(75)68(59)76-77)60-45-62-70(79-60)72-63(46-65(80-72)73(27-12,28-13)43-40-52(14)15)83(62,50-55(24-9)36-31-18-3)51-56(25-10)37-32-19-4/h20,26-27,33,38-39,44-47,52-56H,11-12,16-19,21-25,28-32,34-37,40-43,48-51,75H2,1-10,13-15H3/b33-20-. The molecule has 0 amide bonds. The molecule has 456 valence electrons. The van der Waals surface area contributed by atoms with Crippen LogP contribution in [0.15, 0.2) is 72.1 Å². The first-order valence-corrected chi connectivity index (χ1v) is 42.3. The van der Waals surface area contributed by atoms with Crippen molar-refractivity contribution in [1.82, 2.24) is 0 Å². The highest BCUT2D eigenvalue weighted by atomic mass is 32.1. The number of nitrogens with zero attached hydrogens (tertiary/aromatic N) is 1. The Morgan fingerprint density at radius 3 is 1.49 bits per heavy atom. The van der Waals surface area contributed by atoms with Gasteiger partial charge in [0.2, 0.25) is 0 Å². The van der Waals surface area contributed by atoms with E-state index >= 15 is 0 Å². The maximum atomic E-state index is 7.83. The highest BCUT2D eigenvalue weighted by Gasteiger charge is 2.53. The first-order chi connectivity index (χ1) is 40.1. The quantitative estimate of drug-likeness (QED) is 0.0242. The molecule has 0 radical (unpaired) electrons. The summed E-state index contributed by atoms with van der Waals surface area (Å²) in [5.41, 5.74) is 11.4. The Labute approximate surface area is 531 Å². The summed E-state index contributed by atoms with van der Waals surface area (Å²) in [4.78, 5) is 11.9. The van der Waals surface area contributed by atoms with E-state index in [0.29, 0.717) is 5.92 Å². The van der Waals surface area contributed by atoms with Gasteiger partial charge in [-0.3, -0.25) is 0 Å². The highest BCUT2D eigenvalue weighted by Crippen LogP contribution is 2.56. The van der Waals surface area contributed by atoms with Crippen molar-refractivity contribution in [2.24, 2.45) is 34.0 Å². The Morgan fingerprint density at radius 2 is 1.06 bits per heavy atom. The summed E-state index contributed by atoms with van der Waals surface area (Å²) in [5.74, 6) is 3.56. The average molecular weight is 1250 g/mol. The van der Waals surface area contributed by atoms with Crippen LogP contribution in [-0.4, -0.2) is 16.1 Å². The van der Waals surface area contributed by atoms with Gasteiger partial charge in [0.15, 0.2) is 0 Å². The minimum Gasteiger partial charge on any atom is -0.396 e. The van der Waals surface area contributed by atoms with Crippen molar-refractivity contribution in [3.8, 4) is 29.9 Å². The van der Waals surface area contributed by atoms with Crippen molar-refractivity contribution in [3.63, 3.8) is 0 Å². The first-order valence-electron chi connectivity index (χ1n) is 33.9. The molecule has 4 aromatic heterocycles. The summed E-state index contributed by atoms with van der Waals surface area (Å²) in [7, 11) is -4.57. The highest BCUT2D eigenvalue weighted by molar-refractivity contribution is 7.47. The van der Waals surface area contributed by atoms with Crippen LogP contribution in [0.25, 0.3) is 36.0 Å². The van der Waals surface area contributed by atoms with E-state index in [-0.39, 0.29) is 10.8 Å². The third-order valence-electron chi connectivity index (χ3n) is 21.0. The number of nitrogens with two attached hydrogens (primary N) is 1. The summed E-state index contributed by atoms with van der Waals surface area (Å²) in [6, 6.07) is 21.2. The van der Waals surface area contributed by atoms with Crippen LogP contribution in [0.3, 0.4) is 0 Å². The van der Waals surface area contributed by atoms with Crippen molar-refractivity contribution in [2.45, 2.75) is 266 Å². The van der Waals surface area contributed by atoms with E-state index in [2.05, 4.69) is 187 Å². The molecule has 6 atom stereocenters. The lowest BCUT2D eigenvalue weighted by Crippen LogP contribution is -2.57. The van der Waals surface area contributed by atoms with Crippen LogP contribution < -0.4 is 26.5 Å². The van der Waals surface area contributed by atoms with Gasteiger partial charge in [0.05, 0.1) is 5.69 Å². The van der Waals surface area contributed by atoms with E-state index in [1.54, 1.807) is 45.1 Å². The molecule has 2 N–H and O–H groups in total. The van der Waals surface area contributed by atoms with Gasteiger partial charge in [-0.2, -0.15) is 4.36 Å². The molecule has 7 rings (SSSR count). The summed E-state index contributed by atoms with van der Waals surface area (Å²) in [5, 5.41) is 6.94. The molecule has 2 aliphatic heterocycles. The second-order valence-electron chi connectivity index (χ2n) is 26.6. The normalized spacial score (nSPS) is 19.3. The maximum Gasteiger partial charge on any atom is 0.122 e. The molecule has 6 heterocycles. The van der Waals surface area contributed by atoms with Gasteiger partial charge >= 0.3 is 0 Å². The second-order valence-corrected chi connectivity index (χ2v) is 39.1. The van der Waals surface area contributed by atoms with Gasteiger partial charge < -0.3 is 5.73 Å². The lowest BCUT2D eigenvalue weighted by atomic mass is 9.71. The minimum atomic E-state index is -2.32. The lowest BCUT2D eigenvalue weighted by molar-refractivity contribution is 0.419. The van der Waals surface area contributed by atoms with Crippen LogP contribution >= 0.6 is 45.3 Å². The molecule has 0 saturated carbocycles. The van der Waals surface area contributed by atoms with Gasteiger partial charge in [-0.25, -0.2) is 0 Å². The topological polar surface area (TPSA) is 38.4 Å². The fraction of sp³-hybridized carbons (Fsp3) is 0.622. The first kappa shape index (κ1) is 68.0. The monoisotopic (exact) mass is 1240 g/mol. The Kier molecular flexibility index (Phi) is 25.5. The number of thiophene rings is 4. The van der Waals surface area contributed by atoms with Gasteiger partial charge in [-0.15, -0.1) is 51.9 Å². The molecule has 0 aliphatic carbocycles. The van der Waals surface area contributed by atoms with E-state index in [0.717, 1.165) is 72.7 Å². The number of fused-ring (bicyclic) bond motifs is 6. The van der Waals surface area contributed by atoms with Crippen LogP contribution in [0.5, 0.6) is 0 Å². The van der Waals surface area contributed by atoms with Gasteiger partial charge in [0.25, 0.3) is 0 Å². The van der Waals surface area contributed by atoms with Crippen LogP contribution in [0.1, 0.15) is 251 Å². The third kappa shape index (κ3) is 13.9. The van der Waals surface area contributed by atoms with E-state index in [1.807, 2.05) is 22.7 Å². The van der Waals surface area contributed by atoms with Crippen molar-refractivity contribution in [1.29, 1.82) is 0 Å². The summed E-state index contributed by atoms with van der Waals surface area (Å²) in [6.07, 6.45) is 36.2. The minimum absolute atomic E-state index is 0.0113. The molecule has 0 fully saturated rings. The zero-order valence-corrected chi connectivity index (χ0v) is 60.6. The molecular weight excluding hydrogens is 1130 g/mol. The van der Waals surface area contributed by atoms with Gasteiger partial charge in [0, 0.05) is 67.8 Å². The van der Waals surface area contributed by atoms with Crippen molar-refractivity contribution < 1.29 is 0 Å². The Balaban J connectivity index is 1.47. The molecule has 6 unspecified atom stereocenters. The SMILES string of the molecule is C=Cc1cc2c(s1)-c1sc(C(C/C=C\C)(CCC)c3ccc(-c4cc5c(s4)-c4sc(C(C=C)(CC)CCC(C)C)cc4[Si]5(CC(CC)CCCC)CC(CC)CCCC)c(N)c3N=S)cc1[Si]2(CC(CC)CCCC)CC(CC)CCCC. The molecule has 0 saturated heterocycles. The summed E-state index contributed by atoms with van der Waals surface area (Å²) in [6.45, 7) is 40.2. The Bertz CT molecular complexity index is 2890. The van der Waals surface area contributed by atoms with Crippen LogP contribution in [0.2, 0.25) is 24.2 Å². The van der Waals surface area contributed by atoms with E-state index < -0.39 is 16.1 Å². The molecular formula is C74H112N2S5Si2. The molecule has 83 heavy (non-hydrogen) atoms. The predicted octanol–water partition coefficient (Wildman–Crippen LogP) is 23.5. The maximum absolute atomic E-state index is 7.83. The largest absolute Gasteiger partial charge is 0.396 e. The number of rotatable bonds is 39. The average Bonchev–Trinajstić information content (AvgIpc) is 1.75. The second kappa shape index (κ2) is 31.1. The Hall–Kier alpha value is -2.51. The van der Waals surface area contributed by atoms with Crippen molar-refractivity contribution in [3.05, 3.63) is 88.0 Å². The van der Waals surface area contributed by atoms with Crippen LogP contribution in [-0.2, 0) is 23.3 Å². The van der Waals surface area contributed by atoms with E-state index in [1.165, 1.54) is 154 Å². The predicted molar refractivity (Wildman–Crippen MR) is 389 cm³/mol. The van der Waals surface area contributed by atoms with Crippen LogP contribution in [0, 0.1) is 29.6 Å². The number of unbranched alkanes of at least 4 members (excludes halogenated alkanes) is 4. The summed E-state index contributed by atoms with van der Waals surface area (Å²) >= 11 is 14.4. The Morgan fingerprint density at radius 1 is 0.590 bits per heavy atom. The van der Waals surface area contributed by atoms with Crippen molar-refractivity contribution >= 4 is 112 Å². The third-order valence-corrected chi connectivity index (χ3v) is 38.0. The van der Waals surface area contributed by atoms with E-state index in [9.17, 15) is 0 Å². The van der Waals surface area contributed by atoms with Crippen LogP contribution in [0.4, 0.5) is 11.4 Å². The number of benzene rings is 1. The zero-order valence-electron chi connectivity index (χ0n) is 54.5. The van der Waals surface area contributed by atoms with Gasteiger partial charge in [-0.1, -0.05) is 235 Å². The number of hydrogen-bond donors (Lipinski definition) is 1. The molecule has 2 nitrogen and oxygen atoms in total. The smallest absolute Gasteiger partial charge is 0.122 e. The molecule has 9 heteroatoms. The fourth-order valence-corrected chi connectivity index (χ4v) is 37.0. The molecule has 0 spiro atoms. The summed E-state index contributed by atoms with van der Waals surface area (Å²) < 4.78 is 4.95. The molecule has 1 aromatic carbocycles. The van der Waals surface area contributed by atoms with Crippen molar-refractivity contribution in [2.75, 3.05) is 5.73 Å². The lowest BCUT2D eigenvalue weighted by Gasteiger charge is -2.37. The number of allylic oxidation sites excluding steroid dienone is 3. The molecule has 2 aliphatic rings. The zero-order chi connectivity index (χ0) is 60.1. The number of anilines is 1. The van der Waals surface area contributed by atoms with E-state index in [4.69, 9.17) is 22.5 Å². The fourth-order valence-electron chi connectivity index (χ4n) is 15.6. The van der Waals surface area contributed by atoms with Gasteiger partial charge in [0.1, 0.15) is 21.8 Å². The van der Waals surface area contributed by atoms with Gasteiger partial charge in [-0.05, 0) is 143 Å². The number of hydrogen-bond acceptors (Lipinski definition) is 7.